The Morgan fingerprint density at radius 1 is 0.522 bits per heavy atom. The second kappa shape index (κ2) is 11.0. The summed E-state index contributed by atoms with van der Waals surface area (Å²) in [5.74, 6) is 0. The maximum atomic E-state index is 2.24. The van der Waals surface area contributed by atoms with Gasteiger partial charge in [0, 0.05) is 0 Å². The molecule has 0 bridgehead atoms. The van der Waals surface area contributed by atoms with Gasteiger partial charge in [-0.15, -0.1) is 0 Å². The molecule has 0 spiro atoms. The Labute approximate surface area is 145 Å². The van der Waals surface area contributed by atoms with Crippen LogP contribution in [0.5, 0.6) is 0 Å². The molecule has 0 N–H and O–H groups in total. The van der Waals surface area contributed by atoms with Gasteiger partial charge in [-0.2, -0.15) is 0 Å². The van der Waals surface area contributed by atoms with Crippen molar-refractivity contribution >= 4 is 0 Å². The van der Waals surface area contributed by atoms with Crippen molar-refractivity contribution in [3.05, 3.63) is 70.8 Å². The van der Waals surface area contributed by atoms with Crippen LogP contribution in [-0.2, 0) is 12.8 Å². The molecule has 0 unspecified atom stereocenters. The van der Waals surface area contributed by atoms with Crippen molar-refractivity contribution in [2.75, 3.05) is 0 Å². The third-order valence-corrected chi connectivity index (χ3v) is 3.00. The highest BCUT2D eigenvalue weighted by atomic mass is 14.2. The van der Waals surface area contributed by atoms with Gasteiger partial charge in [-0.3, -0.25) is 0 Å². The van der Waals surface area contributed by atoms with E-state index in [0.29, 0.717) is 5.41 Å². The number of rotatable bonds is 0. The molecule has 0 nitrogen and oxygen atoms in total. The molecular weight excluding hydrogens is 276 g/mol. The van der Waals surface area contributed by atoms with Crippen molar-refractivity contribution in [2.45, 2.75) is 68.2 Å². The van der Waals surface area contributed by atoms with Crippen LogP contribution >= 0.6 is 0 Å². The van der Waals surface area contributed by atoms with Crippen LogP contribution in [0.3, 0.4) is 0 Å². The first kappa shape index (κ1) is 21.4. The smallest absolute Gasteiger partial charge is 0.00201 e. The number of hydrogen-bond acceptors (Lipinski definition) is 0. The van der Waals surface area contributed by atoms with Crippen LogP contribution in [0.1, 0.15) is 77.6 Å². The molecule has 0 saturated carbocycles. The molecule has 0 atom stereocenters. The van der Waals surface area contributed by atoms with Crippen LogP contribution in [0.25, 0.3) is 0 Å². The Balaban J connectivity index is 0.000000461. The number of benzene rings is 2. The van der Waals surface area contributed by atoms with E-state index in [1.54, 1.807) is 0 Å². The lowest BCUT2D eigenvalue weighted by atomic mass is 9.86. The fourth-order valence-corrected chi connectivity index (χ4v) is 2.22. The minimum absolute atomic E-state index is 0.500. The predicted octanol–water partition coefficient (Wildman–Crippen LogP) is 7.29. The largest absolute Gasteiger partial charge is 0.0683 e. The maximum absolute atomic E-state index is 2.24. The zero-order chi connectivity index (χ0) is 17.9. The van der Waals surface area contributed by atoms with Crippen molar-refractivity contribution in [1.82, 2.24) is 0 Å². The molecule has 1 aliphatic carbocycles. The van der Waals surface area contributed by atoms with Crippen molar-refractivity contribution in [3.63, 3.8) is 0 Å². The zero-order valence-corrected chi connectivity index (χ0v) is 16.5. The van der Waals surface area contributed by atoms with Crippen molar-refractivity contribution in [1.29, 1.82) is 0 Å². The molecule has 128 valence electrons. The highest BCUT2D eigenvalue weighted by molar-refractivity contribution is 5.44. The lowest BCUT2D eigenvalue weighted by molar-refractivity contribution is 0.469. The van der Waals surface area contributed by atoms with Gasteiger partial charge >= 0.3 is 0 Å². The van der Waals surface area contributed by atoms with Crippen LogP contribution in [0.15, 0.2) is 48.5 Å². The summed E-state index contributed by atoms with van der Waals surface area (Å²) in [6.45, 7) is 16.8. The van der Waals surface area contributed by atoms with Gasteiger partial charge in [-0.25, -0.2) is 0 Å². The van der Waals surface area contributed by atoms with Crippen LogP contribution < -0.4 is 0 Å². The van der Waals surface area contributed by atoms with Crippen molar-refractivity contribution < 1.29 is 0 Å². The minimum Gasteiger partial charge on any atom is -0.0683 e. The number of hydrogen-bond donors (Lipinski definition) is 0. The first-order valence-electron chi connectivity index (χ1n) is 9.07. The highest BCUT2D eigenvalue weighted by Gasteiger charge is 2.12. The molecule has 0 heteroatoms. The van der Waals surface area contributed by atoms with E-state index in [1.165, 1.54) is 22.3 Å². The molecule has 2 aromatic rings. The van der Waals surface area contributed by atoms with Crippen LogP contribution in [0.4, 0.5) is 0 Å². The van der Waals surface area contributed by atoms with E-state index >= 15 is 0 Å². The second-order valence-electron chi connectivity index (χ2n) is 6.89. The van der Waals surface area contributed by atoms with Crippen LogP contribution in [0.2, 0.25) is 0 Å². The SMILES string of the molecule is CC.CC.CC(C)(C)C.c1ccc2c(c1)Cc1ccccc1C2. The third kappa shape index (κ3) is 8.59. The summed E-state index contributed by atoms with van der Waals surface area (Å²) in [6.07, 6.45) is 2.21. The molecule has 0 fully saturated rings. The van der Waals surface area contributed by atoms with Gasteiger partial charge in [0.05, 0.1) is 0 Å². The molecule has 2 aromatic carbocycles. The molecule has 0 aromatic heterocycles. The second-order valence-corrected chi connectivity index (χ2v) is 6.89. The molecule has 23 heavy (non-hydrogen) atoms. The summed E-state index contributed by atoms with van der Waals surface area (Å²) in [6, 6.07) is 17.5. The minimum atomic E-state index is 0.500. The molecule has 0 saturated heterocycles. The standard InChI is InChI=1S/C14H12.C5H12.2C2H6/c1-2-6-12-10-14-8-4-3-7-13(14)9-11(12)5-1;1-5(2,3)4;2*1-2/h1-8H,9-10H2;1-4H3;2*1-2H3. The van der Waals surface area contributed by atoms with E-state index in [2.05, 4.69) is 76.2 Å². The van der Waals surface area contributed by atoms with Gasteiger partial charge in [0.2, 0.25) is 0 Å². The van der Waals surface area contributed by atoms with Gasteiger partial charge in [0.15, 0.2) is 0 Å². The van der Waals surface area contributed by atoms with Crippen molar-refractivity contribution in [3.8, 4) is 0 Å². The van der Waals surface area contributed by atoms with Gasteiger partial charge < -0.3 is 0 Å². The Bertz CT molecular complexity index is 450. The molecule has 0 heterocycles. The van der Waals surface area contributed by atoms with E-state index in [9.17, 15) is 0 Å². The Kier molecular flexibility index (Phi) is 10.3. The molecular formula is C23H36. The van der Waals surface area contributed by atoms with E-state index < -0.39 is 0 Å². The van der Waals surface area contributed by atoms with E-state index in [4.69, 9.17) is 0 Å². The van der Waals surface area contributed by atoms with E-state index in [0.717, 1.165) is 12.8 Å². The molecule has 3 rings (SSSR count). The number of fused-ring (bicyclic) bond motifs is 2. The van der Waals surface area contributed by atoms with Gasteiger partial charge in [-0.05, 0) is 40.5 Å². The molecule has 0 aliphatic heterocycles. The summed E-state index contributed by atoms with van der Waals surface area (Å²) in [5.41, 5.74) is 6.47. The monoisotopic (exact) mass is 312 g/mol. The average Bonchev–Trinajstić information content (AvgIpc) is 2.55. The first-order chi connectivity index (χ1) is 10.9. The first-order valence-corrected chi connectivity index (χ1v) is 9.07. The van der Waals surface area contributed by atoms with Crippen molar-refractivity contribution in [2.24, 2.45) is 5.41 Å². The summed E-state index contributed by atoms with van der Waals surface area (Å²) in [7, 11) is 0. The summed E-state index contributed by atoms with van der Waals surface area (Å²) in [5, 5.41) is 0. The average molecular weight is 313 g/mol. The molecule has 1 aliphatic rings. The summed E-state index contributed by atoms with van der Waals surface area (Å²) in [4.78, 5) is 0. The van der Waals surface area contributed by atoms with E-state index in [1.807, 2.05) is 27.7 Å². The van der Waals surface area contributed by atoms with E-state index in [-0.39, 0.29) is 0 Å². The normalized spacial score (nSPS) is 11.1. The van der Waals surface area contributed by atoms with Gasteiger partial charge in [0.25, 0.3) is 0 Å². The Morgan fingerprint density at radius 3 is 0.870 bits per heavy atom. The predicted molar refractivity (Wildman–Crippen MR) is 106 cm³/mol. The van der Waals surface area contributed by atoms with Gasteiger partial charge in [-0.1, -0.05) is 104 Å². The van der Waals surface area contributed by atoms with Gasteiger partial charge in [0.1, 0.15) is 0 Å². The quantitative estimate of drug-likeness (QED) is 0.409. The molecule has 0 amide bonds. The summed E-state index contributed by atoms with van der Waals surface area (Å²) < 4.78 is 0. The Hall–Kier alpha value is -1.56. The summed E-state index contributed by atoms with van der Waals surface area (Å²) >= 11 is 0. The third-order valence-electron chi connectivity index (χ3n) is 3.00. The lowest BCUT2D eigenvalue weighted by Crippen LogP contribution is -2.06. The van der Waals surface area contributed by atoms with Crippen LogP contribution in [0, 0.1) is 5.41 Å². The maximum Gasteiger partial charge on any atom is -0.00201 e. The fourth-order valence-electron chi connectivity index (χ4n) is 2.22. The highest BCUT2D eigenvalue weighted by Crippen LogP contribution is 2.26. The fraction of sp³-hybridized carbons (Fsp3) is 0.478. The van der Waals surface area contributed by atoms with Crippen LogP contribution in [-0.4, -0.2) is 0 Å². The molecule has 0 radical (unpaired) electrons. The lowest BCUT2D eigenvalue weighted by Gasteiger charge is -2.18. The zero-order valence-electron chi connectivity index (χ0n) is 16.5. The topological polar surface area (TPSA) is 0 Å². The Morgan fingerprint density at radius 2 is 0.696 bits per heavy atom.